The summed E-state index contributed by atoms with van der Waals surface area (Å²) in [7, 11) is 0. The molecule has 0 radical (unpaired) electrons. The summed E-state index contributed by atoms with van der Waals surface area (Å²) in [6.45, 7) is 4.65. The number of aromatic amines is 1. The van der Waals surface area contributed by atoms with Gasteiger partial charge < -0.3 is 14.5 Å². The fourth-order valence-electron chi connectivity index (χ4n) is 4.35. The normalized spacial score (nSPS) is 18.6. The van der Waals surface area contributed by atoms with Gasteiger partial charge in [-0.2, -0.15) is 0 Å². The fourth-order valence-corrected chi connectivity index (χ4v) is 6.65. The smallest absolute Gasteiger partial charge is 0.270 e. The monoisotopic (exact) mass is 473 g/mol. The first-order valence-corrected chi connectivity index (χ1v) is 12.4. The number of aromatic nitrogens is 2. The summed E-state index contributed by atoms with van der Waals surface area (Å²) in [5, 5.41) is 12.0. The van der Waals surface area contributed by atoms with Crippen LogP contribution < -0.4 is 10.3 Å². The minimum absolute atomic E-state index is 0.0208. The van der Waals surface area contributed by atoms with E-state index in [-0.39, 0.29) is 29.9 Å². The van der Waals surface area contributed by atoms with Crippen molar-refractivity contribution in [2.24, 2.45) is 5.92 Å². The molecule has 168 valence electrons. The molecule has 10 heteroatoms. The molecule has 2 aliphatic rings. The van der Waals surface area contributed by atoms with Crippen LogP contribution in [0.25, 0.3) is 10.2 Å². The zero-order chi connectivity index (χ0) is 22.4. The maximum absolute atomic E-state index is 12.9. The van der Waals surface area contributed by atoms with Crippen molar-refractivity contribution in [3.05, 3.63) is 60.0 Å². The summed E-state index contributed by atoms with van der Waals surface area (Å²) in [6, 6.07) is 3.05. The molecule has 8 nitrogen and oxygen atoms in total. The molecule has 0 saturated carbocycles. The minimum atomic E-state index is -0.404. The Morgan fingerprint density at radius 2 is 2.28 bits per heavy atom. The lowest BCUT2D eigenvalue weighted by molar-refractivity contribution is -0.385. The van der Waals surface area contributed by atoms with Gasteiger partial charge in [-0.15, -0.1) is 23.1 Å². The van der Waals surface area contributed by atoms with Crippen LogP contribution >= 0.6 is 23.1 Å². The molecule has 3 aromatic rings. The quantitative estimate of drug-likeness (QED) is 0.416. The Labute approximate surface area is 192 Å². The van der Waals surface area contributed by atoms with Crippen LogP contribution in [0, 0.1) is 16.0 Å². The SMILES string of the molecule is C[C@H]1CCc2c(sc3nc([C@@H](C)SCc4cc([N+](=O)[O-])cc5c4OCOC5)[nH]c(=O)c23)C1. The van der Waals surface area contributed by atoms with Crippen LogP contribution in [0.3, 0.4) is 0 Å². The highest BCUT2D eigenvalue weighted by Crippen LogP contribution is 2.39. The Kier molecular flexibility index (Phi) is 5.68. The van der Waals surface area contributed by atoms with Gasteiger partial charge in [0.15, 0.2) is 6.79 Å². The van der Waals surface area contributed by atoms with Crippen molar-refractivity contribution in [2.75, 3.05) is 6.79 Å². The first kappa shape index (κ1) is 21.4. The number of hydrogen-bond acceptors (Lipinski definition) is 8. The molecule has 3 heterocycles. The molecular formula is C22H23N3O5S2. The second-order valence-electron chi connectivity index (χ2n) is 8.40. The number of thiophene rings is 1. The number of nitro groups is 1. The molecule has 0 unspecified atom stereocenters. The van der Waals surface area contributed by atoms with Crippen LogP contribution in [-0.2, 0) is 29.9 Å². The third kappa shape index (κ3) is 3.91. The third-order valence-corrected chi connectivity index (χ3v) is 8.39. The van der Waals surface area contributed by atoms with Gasteiger partial charge >= 0.3 is 0 Å². The zero-order valence-electron chi connectivity index (χ0n) is 17.8. The van der Waals surface area contributed by atoms with Crippen molar-refractivity contribution < 1.29 is 14.4 Å². The maximum Gasteiger partial charge on any atom is 0.270 e. The van der Waals surface area contributed by atoms with Crippen LogP contribution in [0.15, 0.2) is 16.9 Å². The molecule has 0 amide bonds. The van der Waals surface area contributed by atoms with E-state index in [1.54, 1.807) is 29.2 Å². The maximum atomic E-state index is 12.9. The van der Waals surface area contributed by atoms with E-state index in [4.69, 9.17) is 14.5 Å². The number of nitrogens with one attached hydrogen (secondary N) is 1. The summed E-state index contributed by atoms with van der Waals surface area (Å²) in [6.07, 6.45) is 3.05. The molecule has 1 aromatic carbocycles. The predicted octanol–water partition coefficient (Wildman–Crippen LogP) is 4.88. The summed E-state index contributed by atoms with van der Waals surface area (Å²) in [4.78, 5) is 33.7. The zero-order valence-corrected chi connectivity index (χ0v) is 19.4. The summed E-state index contributed by atoms with van der Waals surface area (Å²) < 4.78 is 10.9. The number of H-pyrrole nitrogens is 1. The van der Waals surface area contributed by atoms with Crippen molar-refractivity contribution in [3.8, 4) is 5.75 Å². The highest BCUT2D eigenvalue weighted by atomic mass is 32.2. The van der Waals surface area contributed by atoms with Gasteiger partial charge in [0.05, 0.1) is 22.2 Å². The molecule has 0 bridgehead atoms. The Bertz CT molecular complexity index is 1270. The number of benzene rings is 1. The highest BCUT2D eigenvalue weighted by Gasteiger charge is 2.25. The number of thioether (sulfide) groups is 1. The van der Waals surface area contributed by atoms with Gasteiger partial charge in [-0.3, -0.25) is 14.9 Å². The van der Waals surface area contributed by atoms with E-state index in [2.05, 4.69) is 11.9 Å². The van der Waals surface area contributed by atoms with Gasteiger partial charge in [0.1, 0.15) is 16.4 Å². The van der Waals surface area contributed by atoms with Gasteiger partial charge in [-0.1, -0.05) is 6.92 Å². The van der Waals surface area contributed by atoms with Gasteiger partial charge in [-0.05, 0) is 37.7 Å². The van der Waals surface area contributed by atoms with Crippen molar-refractivity contribution >= 4 is 39.0 Å². The number of nitrogens with zero attached hydrogens (tertiary/aromatic N) is 2. The Morgan fingerprint density at radius 3 is 3.09 bits per heavy atom. The van der Waals surface area contributed by atoms with Crippen LogP contribution in [0.5, 0.6) is 5.75 Å². The fraction of sp³-hybridized carbons (Fsp3) is 0.455. The Balaban J connectivity index is 1.41. The van der Waals surface area contributed by atoms with Crippen molar-refractivity contribution in [1.82, 2.24) is 9.97 Å². The number of hydrogen-bond donors (Lipinski definition) is 1. The predicted molar refractivity (Wildman–Crippen MR) is 125 cm³/mol. The molecule has 1 aliphatic carbocycles. The Hall–Kier alpha value is -2.43. The highest BCUT2D eigenvalue weighted by molar-refractivity contribution is 7.98. The number of ether oxygens (including phenoxy) is 2. The molecular weight excluding hydrogens is 450 g/mol. The molecule has 32 heavy (non-hydrogen) atoms. The molecule has 0 saturated heterocycles. The molecule has 0 spiro atoms. The van der Waals surface area contributed by atoms with Crippen molar-refractivity contribution in [2.45, 2.75) is 50.7 Å². The number of non-ortho nitro benzene ring substituents is 1. The summed E-state index contributed by atoms with van der Waals surface area (Å²) >= 11 is 3.20. The van der Waals surface area contributed by atoms with Crippen molar-refractivity contribution in [3.63, 3.8) is 0 Å². The van der Waals surface area contributed by atoms with Crippen LogP contribution in [-0.4, -0.2) is 21.7 Å². The molecule has 2 aromatic heterocycles. The lowest BCUT2D eigenvalue weighted by atomic mass is 9.89. The topological polar surface area (TPSA) is 107 Å². The first-order valence-electron chi connectivity index (χ1n) is 10.6. The molecule has 1 aliphatic heterocycles. The van der Waals surface area contributed by atoms with E-state index in [1.165, 1.54) is 16.5 Å². The summed E-state index contributed by atoms with van der Waals surface area (Å²) in [5.41, 5.74) is 2.55. The first-order chi connectivity index (χ1) is 15.4. The third-order valence-electron chi connectivity index (χ3n) is 6.04. The van der Waals surface area contributed by atoms with Crippen LogP contribution in [0.1, 0.15) is 52.9 Å². The lowest BCUT2D eigenvalue weighted by Crippen LogP contribution is -2.15. The van der Waals surface area contributed by atoms with E-state index < -0.39 is 4.92 Å². The number of fused-ring (bicyclic) bond motifs is 4. The van der Waals surface area contributed by atoms with E-state index in [0.717, 1.165) is 35.0 Å². The van der Waals surface area contributed by atoms with Crippen molar-refractivity contribution in [1.29, 1.82) is 0 Å². The molecule has 1 N–H and O–H groups in total. The standard InChI is InChI=1S/C22H23N3O5S2/c1-11-3-4-16-17(5-11)32-22-18(16)21(26)23-20(24-22)12(2)31-9-14-7-15(25(27)28)6-13-8-29-10-30-19(13)14/h6-7,11-12H,3-5,8-10H2,1-2H3,(H,23,24,26)/t11-,12+/m0/s1. The summed E-state index contributed by atoms with van der Waals surface area (Å²) in [5.74, 6) is 2.41. The minimum Gasteiger partial charge on any atom is -0.467 e. The molecule has 2 atom stereocenters. The van der Waals surface area contributed by atoms with E-state index in [1.807, 2.05) is 6.92 Å². The number of nitro benzene ring substituents is 1. The number of rotatable bonds is 5. The van der Waals surface area contributed by atoms with Gasteiger partial charge in [0.25, 0.3) is 11.2 Å². The second-order valence-corrected chi connectivity index (χ2v) is 10.8. The van der Waals surface area contributed by atoms with Gasteiger partial charge in [-0.25, -0.2) is 4.98 Å². The van der Waals surface area contributed by atoms with E-state index >= 15 is 0 Å². The average molecular weight is 474 g/mol. The molecule has 5 rings (SSSR count). The Morgan fingerprint density at radius 1 is 1.44 bits per heavy atom. The van der Waals surface area contributed by atoms with E-state index in [0.29, 0.717) is 28.8 Å². The lowest BCUT2D eigenvalue weighted by Gasteiger charge is -2.21. The van der Waals surface area contributed by atoms with E-state index in [9.17, 15) is 14.9 Å². The van der Waals surface area contributed by atoms with Gasteiger partial charge in [0, 0.05) is 33.9 Å². The largest absolute Gasteiger partial charge is 0.467 e. The van der Waals surface area contributed by atoms with Crippen LogP contribution in [0.2, 0.25) is 0 Å². The average Bonchev–Trinajstić information content (AvgIpc) is 3.14. The van der Waals surface area contributed by atoms with Crippen LogP contribution in [0.4, 0.5) is 5.69 Å². The number of aryl methyl sites for hydroxylation is 1. The van der Waals surface area contributed by atoms with Gasteiger partial charge in [0.2, 0.25) is 0 Å². The second kappa shape index (κ2) is 8.49. The molecule has 0 fully saturated rings.